The summed E-state index contributed by atoms with van der Waals surface area (Å²) in [4.78, 5) is 33.5. The first kappa shape index (κ1) is 20.0. The van der Waals surface area contributed by atoms with E-state index >= 15 is 0 Å². The van der Waals surface area contributed by atoms with Gasteiger partial charge in [-0.05, 0) is 30.3 Å². The zero-order valence-electron chi connectivity index (χ0n) is 14.1. The summed E-state index contributed by atoms with van der Waals surface area (Å²) in [5.74, 6) is -0.702. The lowest BCUT2D eigenvalue weighted by Crippen LogP contribution is -2.23. The average molecular weight is 395 g/mol. The molecule has 0 bridgehead atoms. The molecule has 0 aromatic heterocycles. The Morgan fingerprint density at radius 1 is 1.15 bits per heavy atom. The van der Waals surface area contributed by atoms with Gasteiger partial charge in [0.1, 0.15) is 11.5 Å². The van der Waals surface area contributed by atoms with Crippen LogP contribution in [0.1, 0.15) is 0 Å². The maximum atomic E-state index is 11.9. The van der Waals surface area contributed by atoms with Crippen LogP contribution < -0.4 is 14.8 Å². The number of nitrogens with one attached hydrogen (secondary N) is 1. The zero-order valence-corrected chi connectivity index (χ0v) is 14.9. The van der Waals surface area contributed by atoms with Gasteiger partial charge < -0.3 is 19.5 Å². The first-order chi connectivity index (χ1) is 12.9. The Labute approximate surface area is 158 Å². The fourth-order valence-electron chi connectivity index (χ4n) is 1.96. The van der Waals surface area contributed by atoms with Crippen molar-refractivity contribution in [3.8, 4) is 11.5 Å². The number of rotatable bonds is 8. The van der Waals surface area contributed by atoms with Crippen LogP contribution in [0.15, 0.2) is 42.5 Å². The number of nitro groups is 1. The molecule has 1 N–H and O–H groups in total. The summed E-state index contributed by atoms with van der Waals surface area (Å²) < 4.78 is 15.0. The highest BCUT2D eigenvalue weighted by molar-refractivity contribution is 6.31. The van der Waals surface area contributed by atoms with E-state index in [4.69, 9.17) is 25.8 Å². The number of esters is 1. The lowest BCUT2D eigenvalue weighted by Gasteiger charge is -2.11. The third-order valence-electron chi connectivity index (χ3n) is 3.20. The third kappa shape index (κ3) is 6.15. The molecule has 9 nitrogen and oxygen atoms in total. The summed E-state index contributed by atoms with van der Waals surface area (Å²) in [6.07, 6.45) is 0. The Hall–Kier alpha value is -3.33. The van der Waals surface area contributed by atoms with Crippen LogP contribution in [0.5, 0.6) is 11.5 Å². The van der Waals surface area contributed by atoms with Crippen molar-refractivity contribution in [1.82, 2.24) is 0 Å². The Morgan fingerprint density at radius 3 is 2.48 bits per heavy atom. The number of methoxy groups -OCH3 is 1. The van der Waals surface area contributed by atoms with E-state index in [-0.39, 0.29) is 11.4 Å². The average Bonchev–Trinajstić information content (AvgIpc) is 2.65. The van der Waals surface area contributed by atoms with Gasteiger partial charge in [-0.3, -0.25) is 14.9 Å². The lowest BCUT2D eigenvalue weighted by molar-refractivity contribution is -0.384. The molecule has 0 heterocycles. The predicted molar refractivity (Wildman–Crippen MR) is 96.2 cm³/mol. The van der Waals surface area contributed by atoms with Gasteiger partial charge in [-0.15, -0.1) is 0 Å². The molecule has 2 aromatic rings. The molecule has 0 fully saturated rings. The SMILES string of the molecule is COc1ccc(Cl)cc1NC(=O)COC(=O)COc1ccc([N+](=O)[O-])cc1. The van der Waals surface area contributed by atoms with Gasteiger partial charge in [0.05, 0.1) is 17.7 Å². The molecule has 27 heavy (non-hydrogen) atoms. The van der Waals surface area contributed by atoms with Crippen LogP contribution in [0.2, 0.25) is 5.02 Å². The minimum atomic E-state index is -0.776. The maximum absolute atomic E-state index is 11.9. The number of ether oxygens (including phenoxy) is 3. The van der Waals surface area contributed by atoms with Crippen molar-refractivity contribution < 1.29 is 28.7 Å². The van der Waals surface area contributed by atoms with Crippen LogP contribution in [0.4, 0.5) is 11.4 Å². The highest BCUT2D eigenvalue weighted by Crippen LogP contribution is 2.27. The number of nitro benzene ring substituents is 1. The fraction of sp³-hybridized carbons (Fsp3) is 0.176. The predicted octanol–water partition coefficient (Wildman–Crippen LogP) is 2.82. The lowest BCUT2D eigenvalue weighted by atomic mass is 10.3. The van der Waals surface area contributed by atoms with Crippen molar-refractivity contribution in [3.05, 3.63) is 57.6 Å². The van der Waals surface area contributed by atoms with Crippen LogP contribution >= 0.6 is 11.6 Å². The number of hydrogen-bond acceptors (Lipinski definition) is 7. The summed E-state index contributed by atoms with van der Waals surface area (Å²) in [5, 5.41) is 13.5. The molecule has 142 valence electrons. The number of halogens is 1. The second-order valence-corrected chi connectivity index (χ2v) is 5.53. The topological polar surface area (TPSA) is 117 Å². The van der Waals surface area contributed by atoms with Crippen LogP contribution in [0.25, 0.3) is 0 Å². The molecule has 0 unspecified atom stereocenters. The van der Waals surface area contributed by atoms with Crippen molar-refractivity contribution >= 4 is 34.9 Å². The number of carbonyl (C=O) groups is 2. The summed E-state index contributed by atoms with van der Waals surface area (Å²) >= 11 is 5.87. The molecule has 2 rings (SSSR count). The molecule has 0 spiro atoms. The summed E-state index contributed by atoms with van der Waals surface area (Å²) in [6, 6.07) is 9.87. The Kier molecular flexibility index (Phi) is 6.95. The standard InChI is InChI=1S/C17H15ClN2O7/c1-25-15-7-2-11(18)8-14(15)19-16(21)9-27-17(22)10-26-13-5-3-12(4-6-13)20(23)24/h2-8H,9-10H2,1H3,(H,19,21). The van der Waals surface area contributed by atoms with Gasteiger partial charge in [0.2, 0.25) is 0 Å². The van der Waals surface area contributed by atoms with Gasteiger partial charge in [0, 0.05) is 17.2 Å². The molecule has 0 radical (unpaired) electrons. The van der Waals surface area contributed by atoms with Gasteiger partial charge in [0.15, 0.2) is 13.2 Å². The Morgan fingerprint density at radius 2 is 1.85 bits per heavy atom. The monoisotopic (exact) mass is 394 g/mol. The molecule has 0 atom stereocenters. The number of benzene rings is 2. The molecule has 0 saturated heterocycles. The molecule has 0 saturated carbocycles. The number of nitrogens with zero attached hydrogens (tertiary/aromatic N) is 1. The largest absolute Gasteiger partial charge is 0.495 e. The molecule has 0 aliphatic heterocycles. The highest BCUT2D eigenvalue weighted by atomic mass is 35.5. The van der Waals surface area contributed by atoms with Crippen molar-refractivity contribution in [2.75, 3.05) is 25.6 Å². The Balaban J connectivity index is 1.79. The second kappa shape index (κ2) is 9.39. The van der Waals surface area contributed by atoms with Gasteiger partial charge in [-0.2, -0.15) is 0 Å². The number of amides is 1. The maximum Gasteiger partial charge on any atom is 0.344 e. The van der Waals surface area contributed by atoms with Crippen molar-refractivity contribution in [1.29, 1.82) is 0 Å². The molecule has 0 aliphatic rings. The second-order valence-electron chi connectivity index (χ2n) is 5.09. The zero-order chi connectivity index (χ0) is 19.8. The van der Waals surface area contributed by atoms with E-state index in [9.17, 15) is 19.7 Å². The highest BCUT2D eigenvalue weighted by Gasteiger charge is 2.12. The van der Waals surface area contributed by atoms with Crippen LogP contribution in [0.3, 0.4) is 0 Å². The van der Waals surface area contributed by atoms with E-state index in [2.05, 4.69) is 5.32 Å². The molecule has 1 amide bonds. The van der Waals surface area contributed by atoms with E-state index in [0.717, 1.165) is 0 Å². The van der Waals surface area contributed by atoms with E-state index in [1.807, 2.05) is 0 Å². The third-order valence-corrected chi connectivity index (χ3v) is 3.44. The molecule has 2 aromatic carbocycles. The first-order valence-corrected chi connectivity index (χ1v) is 7.93. The van der Waals surface area contributed by atoms with Gasteiger partial charge in [-0.1, -0.05) is 11.6 Å². The van der Waals surface area contributed by atoms with Crippen molar-refractivity contribution in [3.63, 3.8) is 0 Å². The van der Waals surface area contributed by atoms with Crippen molar-refractivity contribution in [2.45, 2.75) is 0 Å². The summed E-state index contributed by atoms with van der Waals surface area (Å²) in [7, 11) is 1.44. The summed E-state index contributed by atoms with van der Waals surface area (Å²) in [6.45, 7) is -0.982. The number of non-ortho nitro benzene ring substituents is 1. The fourth-order valence-corrected chi connectivity index (χ4v) is 2.13. The number of hydrogen-bond donors (Lipinski definition) is 1. The number of carbonyl (C=O) groups excluding carboxylic acids is 2. The van der Waals surface area contributed by atoms with Gasteiger partial charge in [0.25, 0.3) is 11.6 Å². The molecule has 0 aliphatic carbocycles. The van der Waals surface area contributed by atoms with Gasteiger partial charge >= 0.3 is 5.97 Å². The van der Waals surface area contributed by atoms with E-state index in [0.29, 0.717) is 16.5 Å². The normalized spacial score (nSPS) is 10.0. The number of anilines is 1. The smallest absolute Gasteiger partial charge is 0.344 e. The van der Waals surface area contributed by atoms with E-state index in [1.54, 1.807) is 12.1 Å². The summed E-state index contributed by atoms with van der Waals surface area (Å²) in [5.41, 5.74) is 0.242. The molecular weight excluding hydrogens is 380 g/mol. The minimum absolute atomic E-state index is 0.0990. The quantitative estimate of drug-likeness (QED) is 0.415. The molecular formula is C17H15ClN2O7. The minimum Gasteiger partial charge on any atom is -0.495 e. The van der Waals surface area contributed by atoms with Gasteiger partial charge in [-0.25, -0.2) is 4.79 Å². The van der Waals surface area contributed by atoms with Crippen LogP contribution in [0, 0.1) is 10.1 Å². The van der Waals surface area contributed by atoms with Crippen molar-refractivity contribution in [2.24, 2.45) is 0 Å². The van der Waals surface area contributed by atoms with E-state index < -0.39 is 30.0 Å². The first-order valence-electron chi connectivity index (χ1n) is 7.55. The molecule has 10 heteroatoms. The van der Waals surface area contributed by atoms with Crippen LogP contribution in [-0.2, 0) is 14.3 Å². The Bertz CT molecular complexity index is 840. The van der Waals surface area contributed by atoms with Crippen LogP contribution in [-0.4, -0.2) is 37.1 Å². The van der Waals surface area contributed by atoms with E-state index in [1.165, 1.54) is 37.4 Å².